The van der Waals surface area contributed by atoms with Crippen molar-refractivity contribution in [1.82, 2.24) is 19.1 Å². The van der Waals surface area contributed by atoms with Crippen molar-refractivity contribution in [2.24, 2.45) is 0 Å². The van der Waals surface area contributed by atoms with Crippen LogP contribution in [0.3, 0.4) is 0 Å². The molecule has 0 spiro atoms. The minimum absolute atomic E-state index is 0.637. The van der Waals surface area contributed by atoms with Crippen molar-refractivity contribution in [3.63, 3.8) is 0 Å². The summed E-state index contributed by atoms with van der Waals surface area (Å²) in [5, 5.41) is 5.80. The molecule has 0 aliphatic heterocycles. The third-order valence-electron chi connectivity index (χ3n) is 11.9. The summed E-state index contributed by atoms with van der Waals surface area (Å²) in [4.78, 5) is 10.9. The number of aromatic nitrogens is 4. The number of hydrogen-bond acceptors (Lipinski definition) is 2. The SMILES string of the molecule is c1ccc(-c2ccc(-c3cccc(-c4nc(-n5c6ccccc6c6cc(-n7c8ccccc8c8ccccc87)ccc65)nc5ccc(-c6ccccc6)cc45)c3)cc2)cc1. The van der Waals surface area contributed by atoms with E-state index in [2.05, 4.69) is 228 Å². The molecule has 0 fully saturated rings. The molecule has 12 aromatic rings. The highest BCUT2D eigenvalue weighted by atomic mass is 15.2. The van der Waals surface area contributed by atoms with Crippen LogP contribution in [0, 0.1) is 0 Å². The molecule has 0 N–H and O–H groups in total. The molecule has 0 saturated carbocycles. The summed E-state index contributed by atoms with van der Waals surface area (Å²) in [6.45, 7) is 0. The van der Waals surface area contributed by atoms with Crippen molar-refractivity contribution in [3.8, 4) is 56.3 Å². The topological polar surface area (TPSA) is 35.6 Å². The first kappa shape index (κ1) is 34.0. The minimum atomic E-state index is 0.637. The summed E-state index contributed by atoms with van der Waals surface area (Å²) >= 11 is 0. The average Bonchev–Trinajstić information content (AvgIpc) is 3.84. The molecule has 12 rings (SSSR count). The van der Waals surface area contributed by atoms with Crippen molar-refractivity contribution in [1.29, 1.82) is 0 Å². The number of nitrogens with zero attached hydrogens (tertiary/aromatic N) is 4. The Morgan fingerprint density at radius 2 is 0.733 bits per heavy atom. The van der Waals surface area contributed by atoms with Gasteiger partial charge in [0, 0.05) is 38.2 Å². The van der Waals surface area contributed by atoms with Crippen molar-refractivity contribution >= 4 is 54.5 Å². The molecule has 280 valence electrons. The highest BCUT2D eigenvalue weighted by Crippen LogP contribution is 2.39. The number of benzene rings is 9. The first-order chi connectivity index (χ1) is 29.7. The van der Waals surface area contributed by atoms with Gasteiger partial charge in [0.1, 0.15) is 0 Å². The number of para-hydroxylation sites is 3. The van der Waals surface area contributed by atoms with Gasteiger partial charge in [0.15, 0.2) is 0 Å². The Morgan fingerprint density at radius 3 is 1.40 bits per heavy atom. The molecule has 3 aromatic heterocycles. The van der Waals surface area contributed by atoms with Gasteiger partial charge in [-0.05, 0) is 88.0 Å². The highest BCUT2D eigenvalue weighted by Gasteiger charge is 2.20. The van der Waals surface area contributed by atoms with Crippen LogP contribution < -0.4 is 0 Å². The second-order valence-electron chi connectivity index (χ2n) is 15.4. The van der Waals surface area contributed by atoms with Crippen LogP contribution in [0.5, 0.6) is 0 Å². The molecule has 0 radical (unpaired) electrons. The molecule has 3 heterocycles. The van der Waals surface area contributed by atoms with Crippen LogP contribution >= 0.6 is 0 Å². The average molecular weight is 765 g/mol. The van der Waals surface area contributed by atoms with E-state index in [1.807, 2.05) is 0 Å². The van der Waals surface area contributed by atoms with Gasteiger partial charge in [-0.3, -0.25) is 4.57 Å². The van der Waals surface area contributed by atoms with Gasteiger partial charge in [0.05, 0.1) is 33.3 Å². The summed E-state index contributed by atoms with van der Waals surface area (Å²) in [6.07, 6.45) is 0. The van der Waals surface area contributed by atoms with Crippen LogP contribution in [0.4, 0.5) is 0 Å². The summed E-state index contributed by atoms with van der Waals surface area (Å²) in [7, 11) is 0. The van der Waals surface area contributed by atoms with Gasteiger partial charge in [0.2, 0.25) is 5.95 Å². The fourth-order valence-electron chi connectivity index (χ4n) is 9.09. The van der Waals surface area contributed by atoms with E-state index in [9.17, 15) is 0 Å². The maximum absolute atomic E-state index is 5.54. The molecule has 0 unspecified atom stereocenters. The molecule has 0 aliphatic carbocycles. The first-order valence-corrected chi connectivity index (χ1v) is 20.4. The lowest BCUT2D eigenvalue weighted by atomic mass is 9.96. The Balaban J connectivity index is 1.05. The van der Waals surface area contributed by atoms with Crippen LogP contribution in [0.15, 0.2) is 218 Å². The Morgan fingerprint density at radius 1 is 0.267 bits per heavy atom. The zero-order chi connectivity index (χ0) is 39.6. The van der Waals surface area contributed by atoms with Crippen LogP contribution in [0.25, 0.3) is 111 Å². The maximum Gasteiger partial charge on any atom is 0.235 e. The molecule has 0 aliphatic rings. The maximum atomic E-state index is 5.54. The number of hydrogen-bond donors (Lipinski definition) is 0. The molecule has 4 nitrogen and oxygen atoms in total. The molecule has 60 heavy (non-hydrogen) atoms. The fraction of sp³-hybridized carbons (Fsp3) is 0. The van der Waals surface area contributed by atoms with E-state index >= 15 is 0 Å². The first-order valence-electron chi connectivity index (χ1n) is 20.4. The van der Waals surface area contributed by atoms with Crippen LogP contribution in [-0.4, -0.2) is 19.1 Å². The predicted octanol–water partition coefficient (Wildman–Crippen LogP) is 14.5. The van der Waals surface area contributed by atoms with Crippen LogP contribution in [0.1, 0.15) is 0 Å². The van der Waals surface area contributed by atoms with Crippen molar-refractivity contribution in [2.75, 3.05) is 0 Å². The zero-order valence-corrected chi connectivity index (χ0v) is 32.6. The molecule has 0 saturated heterocycles. The number of fused-ring (bicyclic) bond motifs is 7. The van der Waals surface area contributed by atoms with Gasteiger partial charge >= 0.3 is 0 Å². The van der Waals surface area contributed by atoms with Gasteiger partial charge in [-0.15, -0.1) is 0 Å². The van der Waals surface area contributed by atoms with Gasteiger partial charge < -0.3 is 4.57 Å². The second kappa shape index (κ2) is 13.8. The van der Waals surface area contributed by atoms with Crippen molar-refractivity contribution in [3.05, 3.63) is 218 Å². The second-order valence-corrected chi connectivity index (χ2v) is 15.4. The van der Waals surface area contributed by atoms with Gasteiger partial charge in [-0.2, -0.15) is 0 Å². The Labute approximate surface area is 346 Å². The van der Waals surface area contributed by atoms with E-state index in [0.29, 0.717) is 5.95 Å². The van der Waals surface area contributed by atoms with Crippen LogP contribution in [0.2, 0.25) is 0 Å². The Kier molecular flexibility index (Phi) is 7.82. The van der Waals surface area contributed by atoms with E-state index in [4.69, 9.17) is 9.97 Å². The third-order valence-corrected chi connectivity index (χ3v) is 11.9. The van der Waals surface area contributed by atoms with Gasteiger partial charge in [0.25, 0.3) is 0 Å². The Bertz CT molecular complexity index is 3530. The van der Waals surface area contributed by atoms with Crippen molar-refractivity contribution in [2.45, 2.75) is 0 Å². The summed E-state index contributed by atoms with van der Waals surface area (Å²) in [5.74, 6) is 0.637. The molecular formula is C56H36N4. The van der Waals surface area contributed by atoms with E-state index in [1.165, 1.54) is 32.9 Å². The molecule has 0 amide bonds. The predicted molar refractivity (Wildman–Crippen MR) is 250 cm³/mol. The number of rotatable bonds is 6. The van der Waals surface area contributed by atoms with Gasteiger partial charge in [-0.1, -0.05) is 164 Å². The van der Waals surface area contributed by atoms with E-state index in [1.54, 1.807) is 0 Å². The lowest BCUT2D eigenvalue weighted by molar-refractivity contribution is 1.01. The smallest absolute Gasteiger partial charge is 0.235 e. The summed E-state index contributed by atoms with van der Waals surface area (Å²) < 4.78 is 4.62. The minimum Gasteiger partial charge on any atom is -0.309 e. The molecule has 0 bridgehead atoms. The summed E-state index contributed by atoms with van der Waals surface area (Å²) in [5.41, 5.74) is 15.4. The molecular weight excluding hydrogens is 729 g/mol. The van der Waals surface area contributed by atoms with Gasteiger partial charge in [-0.25, -0.2) is 9.97 Å². The summed E-state index contributed by atoms with van der Waals surface area (Å²) in [6, 6.07) is 78.0. The van der Waals surface area contributed by atoms with Crippen LogP contribution in [-0.2, 0) is 0 Å². The van der Waals surface area contributed by atoms with E-state index in [-0.39, 0.29) is 0 Å². The van der Waals surface area contributed by atoms with Crippen molar-refractivity contribution < 1.29 is 0 Å². The third kappa shape index (κ3) is 5.53. The van der Waals surface area contributed by atoms with E-state index < -0.39 is 0 Å². The standard InChI is InChI=1S/C56H36N4/c1-3-14-37(15-4-1)39-26-28-40(29-27-39)41-18-13-19-43(34-41)55-49-35-42(38-16-5-2-6-17-38)30-32-50(49)57-56(58-55)60-53-25-12-9-22-47(53)48-36-44(31-33-54(48)60)59-51-23-10-7-20-45(51)46-21-8-11-24-52(46)59/h1-36H. The molecule has 9 aromatic carbocycles. The monoisotopic (exact) mass is 764 g/mol. The fourth-order valence-corrected chi connectivity index (χ4v) is 9.09. The lowest BCUT2D eigenvalue weighted by Crippen LogP contribution is -2.04. The largest absolute Gasteiger partial charge is 0.309 e. The highest BCUT2D eigenvalue weighted by molar-refractivity contribution is 6.12. The molecule has 4 heteroatoms. The lowest BCUT2D eigenvalue weighted by Gasteiger charge is -2.14. The molecule has 0 atom stereocenters. The normalized spacial score (nSPS) is 11.7. The quantitative estimate of drug-likeness (QED) is 0.169. The Hall–Kier alpha value is -8.08. The zero-order valence-electron chi connectivity index (χ0n) is 32.6. The van der Waals surface area contributed by atoms with E-state index in [0.717, 1.165) is 71.9 Å².